The Morgan fingerprint density at radius 3 is 2.71 bits per heavy atom. The predicted octanol–water partition coefficient (Wildman–Crippen LogP) is 4.17. The molecule has 3 nitrogen and oxygen atoms in total. The smallest absolute Gasteiger partial charge is 0.337 e. The molecule has 0 atom stereocenters. The zero-order valence-corrected chi connectivity index (χ0v) is 12.2. The maximum Gasteiger partial charge on any atom is 0.337 e. The molecule has 0 saturated heterocycles. The average molecular weight is 281 g/mol. The number of carboxylic acids is 1. The first-order valence-corrected chi connectivity index (χ1v) is 7.37. The highest BCUT2D eigenvalue weighted by atomic mass is 16.4. The van der Waals surface area contributed by atoms with Gasteiger partial charge in [0.1, 0.15) is 0 Å². The fourth-order valence-electron chi connectivity index (χ4n) is 3.11. The van der Waals surface area contributed by atoms with E-state index in [4.69, 9.17) is 0 Å². The third-order valence-corrected chi connectivity index (χ3v) is 4.10. The van der Waals surface area contributed by atoms with Gasteiger partial charge in [-0.2, -0.15) is 0 Å². The van der Waals surface area contributed by atoms with Crippen LogP contribution in [0.2, 0.25) is 0 Å². The van der Waals surface area contributed by atoms with E-state index in [9.17, 15) is 9.90 Å². The standard InChI is InChI=1S/C18H19NO2/c1-13-7-6-10-15(18(20)21)17(13)19-12-5-4-9-14-8-2-3-11-16(14)19/h2-3,6-8,10-11H,4-5,9,12H2,1H3,(H,20,21). The molecule has 0 bridgehead atoms. The molecule has 0 unspecified atom stereocenters. The average Bonchev–Trinajstić information content (AvgIpc) is 2.69. The van der Waals surface area contributed by atoms with Gasteiger partial charge in [0, 0.05) is 12.2 Å². The van der Waals surface area contributed by atoms with Gasteiger partial charge in [0.25, 0.3) is 0 Å². The van der Waals surface area contributed by atoms with Crippen molar-refractivity contribution in [3.05, 3.63) is 59.2 Å². The number of aromatic carboxylic acids is 1. The quantitative estimate of drug-likeness (QED) is 0.898. The highest BCUT2D eigenvalue weighted by Gasteiger charge is 2.22. The number of nitrogens with zero attached hydrogens (tertiary/aromatic N) is 1. The summed E-state index contributed by atoms with van der Waals surface area (Å²) in [5.41, 5.74) is 4.67. The number of fused-ring (bicyclic) bond motifs is 1. The van der Waals surface area contributed by atoms with Crippen LogP contribution in [0.1, 0.15) is 34.3 Å². The lowest BCUT2D eigenvalue weighted by molar-refractivity contribution is 0.0697. The normalized spacial score (nSPS) is 14.4. The van der Waals surface area contributed by atoms with Crippen molar-refractivity contribution in [2.75, 3.05) is 11.4 Å². The Bertz CT molecular complexity index is 679. The van der Waals surface area contributed by atoms with Crippen molar-refractivity contribution in [1.82, 2.24) is 0 Å². The summed E-state index contributed by atoms with van der Waals surface area (Å²) in [4.78, 5) is 13.8. The Morgan fingerprint density at radius 2 is 1.90 bits per heavy atom. The largest absolute Gasteiger partial charge is 0.478 e. The summed E-state index contributed by atoms with van der Waals surface area (Å²) in [7, 11) is 0. The molecule has 1 heterocycles. The van der Waals surface area contributed by atoms with Gasteiger partial charge in [-0.05, 0) is 49.4 Å². The van der Waals surface area contributed by atoms with Gasteiger partial charge < -0.3 is 10.0 Å². The van der Waals surface area contributed by atoms with Crippen molar-refractivity contribution < 1.29 is 9.90 Å². The van der Waals surface area contributed by atoms with Crippen LogP contribution in [0.3, 0.4) is 0 Å². The molecule has 1 aliphatic heterocycles. The van der Waals surface area contributed by atoms with Gasteiger partial charge in [-0.3, -0.25) is 0 Å². The first-order valence-electron chi connectivity index (χ1n) is 7.37. The molecule has 0 fully saturated rings. The SMILES string of the molecule is Cc1cccc(C(=O)O)c1N1CCCCc2ccccc21. The third kappa shape index (κ3) is 2.51. The number of para-hydroxylation sites is 2. The first kappa shape index (κ1) is 13.7. The molecular weight excluding hydrogens is 262 g/mol. The van der Waals surface area contributed by atoms with Gasteiger partial charge >= 0.3 is 5.97 Å². The number of benzene rings is 2. The van der Waals surface area contributed by atoms with E-state index in [1.165, 1.54) is 5.56 Å². The molecule has 0 spiro atoms. The van der Waals surface area contributed by atoms with Gasteiger partial charge in [-0.15, -0.1) is 0 Å². The Hall–Kier alpha value is -2.29. The summed E-state index contributed by atoms with van der Waals surface area (Å²) in [6.07, 6.45) is 3.27. The number of hydrogen-bond donors (Lipinski definition) is 1. The van der Waals surface area contributed by atoms with E-state index >= 15 is 0 Å². The van der Waals surface area contributed by atoms with Gasteiger partial charge in [0.15, 0.2) is 0 Å². The van der Waals surface area contributed by atoms with Crippen LogP contribution in [0, 0.1) is 6.92 Å². The minimum atomic E-state index is -0.865. The van der Waals surface area contributed by atoms with Crippen LogP contribution in [-0.2, 0) is 6.42 Å². The van der Waals surface area contributed by atoms with Crippen LogP contribution < -0.4 is 4.90 Å². The van der Waals surface area contributed by atoms with E-state index in [0.717, 1.165) is 42.7 Å². The van der Waals surface area contributed by atoms with Crippen LogP contribution in [0.15, 0.2) is 42.5 Å². The maximum atomic E-state index is 11.6. The summed E-state index contributed by atoms with van der Waals surface area (Å²) in [5, 5.41) is 9.51. The molecule has 0 amide bonds. The van der Waals surface area contributed by atoms with Crippen molar-refractivity contribution in [2.24, 2.45) is 0 Å². The minimum absolute atomic E-state index is 0.381. The number of carbonyl (C=O) groups is 1. The second-order valence-electron chi connectivity index (χ2n) is 5.51. The highest BCUT2D eigenvalue weighted by molar-refractivity contribution is 5.96. The summed E-state index contributed by atoms with van der Waals surface area (Å²) in [6.45, 7) is 2.84. The topological polar surface area (TPSA) is 40.5 Å². The Morgan fingerprint density at radius 1 is 1.10 bits per heavy atom. The monoisotopic (exact) mass is 281 g/mol. The van der Waals surface area contributed by atoms with E-state index < -0.39 is 5.97 Å². The summed E-state index contributed by atoms with van der Waals surface area (Å²) >= 11 is 0. The van der Waals surface area contributed by atoms with E-state index in [1.807, 2.05) is 25.1 Å². The predicted molar refractivity (Wildman–Crippen MR) is 84.5 cm³/mol. The van der Waals surface area contributed by atoms with Crippen molar-refractivity contribution in [3.63, 3.8) is 0 Å². The van der Waals surface area contributed by atoms with Crippen LogP contribution in [0.25, 0.3) is 0 Å². The summed E-state index contributed by atoms with van der Waals surface area (Å²) < 4.78 is 0. The molecule has 0 aromatic heterocycles. The second kappa shape index (κ2) is 5.60. The van der Waals surface area contributed by atoms with Crippen molar-refractivity contribution in [1.29, 1.82) is 0 Å². The molecule has 21 heavy (non-hydrogen) atoms. The molecule has 0 saturated carbocycles. The number of anilines is 2. The molecule has 0 radical (unpaired) electrons. The van der Waals surface area contributed by atoms with E-state index in [0.29, 0.717) is 5.56 Å². The van der Waals surface area contributed by atoms with Crippen LogP contribution in [0.4, 0.5) is 11.4 Å². The zero-order valence-electron chi connectivity index (χ0n) is 12.2. The molecular formula is C18H19NO2. The molecule has 3 heteroatoms. The Labute approximate surface area is 124 Å². The Balaban J connectivity index is 2.19. The first-order chi connectivity index (χ1) is 10.2. The van der Waals surface area contributed by atoms with Gasteiger partial charge in [-0.25, -0.2) is 4.79 Å². The van der Waals surface area contributed by atoms with Crippen LogP contribution in [-0.4, -0.2) is 17.6 Å². The second-order valence-corrected chi connectivity index (χ2v) is 5.51. The molecule has 2 aromatic carbocycles. The van der Waals surface area contributed by atoms with E-state index in [1.54, 1.807) is 6.07 Å². The molecule has 0 aliphatic carbocycles. The number of aryl methyl sites for hydroxylation is 2. The molecule has 1 aliphatic rings. The van der Waals surface area contributed by atoms with Gasteiger partial charge in [0.2, 0.25) is 0 Å². The van der Waals surface area contributed by atoms with Crippen LogP contribution >= 0.6 is 0 Å². The highest BCUT2D eigenvalue weighted by Crippen LogP contribution is 2.36. The fourth-order valence-corrected chi connectivity index (χ4v) is 3.11. The molecule has 3 rings (SSSR count). The molecule has 1 N–H and O–H groups in total. The summed E-state index contributed by atoms with van der Waals surface area (Å²) in [5.74, 6) is -0.865. The van der Waals surface area contributed by atoms with Crippen molar-refractivity contribution >= 4 is 17.3 Å². The molecule has 2 aromatic rings. The van der Waals surface area contributed by atoms with Crippen LogP contribution in [0.5, 0.6) is 0 Å². The minimum Gasteiger partial charge on any atom is -0.478 e. The lowest BCUT2D eigenvalue weighted by Crippen LogP contribution is -2.21. The maximum absolute atomic E-state index is 11.6. The molecule has 108 valence electrons. The van der Waals surface area contributed by atoms with Gasteiger partial charge in [-0.1, -0.05) is 30.3 Å². The third-order valence-electron chi connectivity index (χ3n) is 4.10. The number of carboxylic acid groups (broad SMARTS) is 1. The van der Waals surface area contributed by atoms with Crippen molar-refractivity contribution in [3.8, 4) is 0 Å². The fraction of sp³-hybridized carbons (Fsp3) is 0.278. The number of rotatable bonds is 2. The lowest BCUT2D eigenvalue weighted by atomic mass is 10.0. The summed E-state index contributed by atoms with van der Waals surface area (Å²) in [6, 6.07) is 13.8. The zero-order chi connectivity index (χ0) is 14.8. The van der Waals surface area contributed by atoms with Crippen molar-refractivity contribution in [2.45, 2.75) is 26.2 Å². The Kier molecular flexibility index (Phi) is 3.65. The number of hydrogen-bond acceptors (Lipinski definition) is 2. The lowest BCUT2D eigenvalue weighted by Gasteiger charge is -2.28. The van der Waals surface area contributed by atoms with E-state index in [-0.39, 0.29) is 0 Å². The van der Waals surface area contributed by atoms with E-state index in [2.05, 4.69) is 23.1 Å². The van der Waals surface area contributed by atoms with Gasteiger partial charge in [0.05, 0.1) is 11.3 Å².